The Bertz CT molecular complexity index is 1230. The number of ether oxygens (including phenoxy) is 1. The zero-order chi connectivity index (χ0) is 26.5. The van der Waals surface area contributed by atoms with Crippen LogP contribution in [0.5, 0.6) is 5.75 Å². The van der Waals surface area contributed by atoms with Crippen molar-refractivity contribution >= 4 is 23.2 Å². The summed E-state index contributed by atoms with van der Waals surface area (Å²) in [6.45, 7) is 4.89. The van der Waals surface area contributed by atoms with E-state index in [1.54, 1.807) is 5.06 Å². The molecule has 3 aromatic carbocycles. The highest BCUT2D eigenvalue weighted by Gasteiger charge is 2.60. The van der Waals surface area contributed by atoms with Crippen LogP contribution in [0.15, 0.2) is 78.9 Å². The first-order valence-electron chi connectivity index (χ1n) is 13.8. The molecule has 3 aromatic rings. The molecule has 2 aliphatic heterocycles. The summed E-state index contributed by atoms with van der Waals surface area (Å²) in [6, 6.07) is 24.5. The highest BCUT2D eigenvalue weighted by molar-refractivity contribution is 6.23. The Kier molecular flexibility index (Phi) is 8.08. The van der Waals surface area contributed by atoms with Crippen LogP contribution in [0.1, 0.15) is 62.6 Å². The Morgan fingerprint density at radius 1 is 0.763 bits per heavy atom. The third kappa shape index (κ3) is 5.32. The quantitative estimate of drug-likeness (QED) is 0.209. The van der Waals surface area contributed by atoms with Crippen LogP contribution in [0.3, 0.4) is 0 Å². The van der Waals surface area contributed by atoms with E-state index in [1.165, 1.54) is 37.0 Å². The molecule has 2 heterocycles. The van der Waals surface area contributed by atoms with E-state index >= 15 is 0 Å². The Labute approximate surface area is 225 Å². The number of amides is 2. The van der Waals surface area contributed by atoms with Crippen LogP contribution in [-0.2, 0) is 14.4 Å². The summed E-state index contributed by atoms with van der Waals surface area (Å²) in [5.41, 5.74) is 3.35. The number of para-hydroxylation sites is 1. The number of aryl methyl sites for hydroxylation is 1. The van der Waals surface area contributed by atoms with E-state index in [0.29, 0.717) is 12.3 Å². The van der Waals surface area contributed by atoms with E-state index < -0.39 is 18.1 Å². The summed E-state index contributed by atoms with van der Waals surface area (Å²) in [5, 5.41) is 1.73. The number of fused-ring (bicyclic) bond motifs is 1. The average molecular weight is 513 g/mol. The van der Waals surface area contributed by atoms with Gasteiger partial charge in [-0.15, -0.1) is 0 Å². The second-order valence-corrected chi connectivity index (χ2v) is 10.2. The van der Waals surface area contributed by atoms with Gasteiger partial charge in [0.2, 0.25) is 5.91 Å². The van der Waals surface area contributed by atoms with Crippen molar-refractivity contribution < 1.29 is 19.2 Å². The number of rotatable bonds is 11. The van der Waals surface area contributed by atoms with Crippen LogP contribution in [0.4, 0.5) is 11.4 Å². The number of carbonyl (C=O) groups excluding carboxylic acids is 2. The van der Waals surface area contributed by atoms with Gasteiger partial charge in [0.05, 0.1) is 24.0 Å². The minimum absolute atomic E-state index is 0.240. The summed E-state index contributed by atoms with van der Waals surface area (Å²) >= 11 is 0. The summed E-state index contributed by atoms with van der Waals surface area (Å²) in [6.07, 6.45) is 6.43. The molecule has 6 nitrogen and oxygen atoms in total. The summed E-state index contributed by atoms with van der Waals surface area (Å²) in [5.74, 6) is -0.417. The van der Waals surface area contributed by atoms with Gasteiger partial charge in [-0.3, -0.25) is 14.4 Å². The molecule has 0 unspecified atom stereocenters. The van der Waals surface area contributed by atoms with Gasteiger partial charge in [-0.25, -0.2) is 9.96 Å². The van der Waals surface area contributed by atoms with Gasteiger partial charge < -0.3 is 4.74 Å². The lowest BCUT2D eigenvalue weighted by atomic mass is 9.90. The van der Waals surface area contributed by atoms with Gasteiger partial charge in [-0.2, -0.15) is 0 Å². The number of carbonyl (C=O) groups is 2. The lowest BCUT2D eigenvalue weighted by Crippen LogP contribution is -2.37. The van der Waals surface area contributed by atoms with E-state index in [9.17, 15) is 9.59 Å². The Balaban J connectivity index is 1.35. The maximum Gasteiger partial charge on any atom is 0.266 e. The molecule has 0 aromatic heterocycles. The van der Waals surface area contributed by atoms with Crippen molar-refractivity contribution in [2.24, 2.45) is 5.92 Å². The van der Waals surface area contributed by atoms with Gasteiger partial charge in [0.1, 0.15) is 11.7 Å². The van der Waals surface area contributed by atoms with Crippen molar-refractivity contribution in [2.45, 2.75) is 64.5 Å². The molecule has 2 aliphatic rings. The molecule has 0 aliphatic carbocycles. The standard InChI is InChI=1S/C32H36N2O4/c1-3-4-5-6-7-11-22-37-27-20-16-24(17-21-27)29-28-30(38-34(29)26-12-9-8-10-13-26)32(36)33(31(28)35)25-18-14-23(2)15-19-25/h8-10,12-21,28-30H,3-7,11,22H2,1-2H3/t28-,29+,30+/m1/s1. The monoisotopic (exact) mass is 512 g/mol. The van der Waals surface area contributed by atoms with E-state index in [1.807, 2.05) is 85.8 Å². The van der Waals surface area contributed by atoms with Gasteiger partial charge in [-0.1, -0.05) is 87.1 Å². The highest BCUT2D eigenvalue weighted by Crippen LogP contribution is 2.47. The minimum Gasteiger partial charge on any atom is -0.494 e. The van der Waals surface area contributed by atoms with Crippen LogP contribution in [0.2, 0.25) is 0 Å². The summed E-state index contributed by atoms with van der Waals surface area (Å²) in [7, 11) is 0. The van der Waals surface area contributed by atoms with E-state index in [2.05, 4.69) is 6.92 Å². The van der Waals surface area contributed by atoms with Crippen LogP contribution < -0.4 is 14.7 Å². The van der Waals surface area contributed by atoms with Crippen molar-refractivity contribution in [3.05, 3.63) is 90.0 Å². The third-order valence-corrected chi connectivity index (χ3v) is 7.41. The average Bonchev–Trinajstić information content (AvgIpc) is 3.45. The van der Waals surface area contributed by atoms with Gasteiger partial charge in [-0.05, 0) is 55.3 Å². The molecule has 0 spiro atoms. The van der Waals surface area contributed by atoms with Crippen molar-refractivity contribution in [2.75, 3.05) is 16.6 Å². The topological polar surface area (TPSA) is 59.1 Å². The smallest absolute Gasteiger partial charge is 0.266 e. The number of hydrogen-bond acceptors (Lipinski definition) is 5. The number of imide groups is 1. The number of unbranched alkanes of at least 4 members (excludes halogenated alkanes) is 5. The number of anilines is 2. The first-order chi connectivity index (χ1) is 18.6. The first-order valence-corrected chi connectivity index (χ1v) is 13.8. The highest BCUT2D eigenvalue weighted by atomic mass is 16.7. The summed E-state index contributed by atoms with van der Waals surface area (Å²) in [4.78, 5) is 34.7. The molecule has 2 fully saturated rings. The fourth-order valence-corrected chi connectivity index (χ4v) is 5.33. The number of nitrogens with zero attached hydrogens (tertiary/aromatic N) is 2. The van der Waals surface area contributed by atoms with Crippen LogP contribution >= 0.6 is 0 Å². The SMILES string of the molecule is CCCCCCCCOc1ccc([C@H]2[C@H]3C(=O)N(c4ccc(C)cc4)C(=O)[C@H]3ON2c2ccccc2)cc1. The molecule has 3 atom stereocenters. The fraction of sp³-hybridized carbons (Fsp3) is 0.375. The fourth-order valence-electron chi connectivity index (χ4n) is 5.33. The molecular weight excluding hydrogens is 476 g/mol. The predicted molar refractivity (Wildman–Crippen MR) is 149 cm³/mol. The Morgan fingerprint density at radius 2 is 1.45 bits per heavy atom. The van der Waals surface area contributed by atoms with Crippen molar-refractivity contribution in [1.82, 2.24) is 0 Å². The lowest BCUT2D eigenvalue weighted by molar-refractivity contribution is -0.126. The van der Waals surface area contributed by atoms with Gasteiger partial charge in [0.25, 0.3) is 5.91 Å². The second-order valence-electron chi connectivity index (χ2n) is 10.2. The van der Waals surface area contributed by atoms with Crippen molar-refractivity contribution in [1.29, 1.82) is 0 Å². The van der Waals surface area contributed by atoms with E-state index in [0.717, 1.165) is 29.0 Å². The molecule has 0 N–H and O–H groups in total. The summed E-state index contributed by atoms with van der Waals surface area (Å²) < 4.78 is 5.98. The third-order valence-electron chi connectivity index (χ3n) is 7.41. The Morgan fingerprint density at radius 3 is 2.16 bits per heavy atom. The zero-order valence-corrected chi connectivity index (χ0v) is 22.2. The molecule has 2 saturated heterocycles. The van der Waals surface area contributed by atoms with Crippen molar-refractivity contribution in [3.8, 4) is 5.75 Å². The molecule has 38 heavy (non-hydrogen) atoms. The molecule has 2 amide bonds. The van der Waals surface area contributed by atoms with Gasteiger partial charge >= 0.3 is 0 Å². The molecule has 0 radical (unpaired) electrons. The molecule has 0 bridgehead atoms. The molecule has 6 heteroatoms. The zero-order valence-electron chi connectivity index (χ0n) is 22.2. The number of hydroxylamine groups is 1. The Hall–Kier alpha value is -3.64. The maximum absolute atomic E-state index is 13.8. The van der Waals surface area contributed by atoms with Crippen LogP contribution in [0.25, 0.3) is 0 Å². The van der Waals surface area contributed by atoms with Gasteiger partial charge in [0.15, 0.2) is 6.10 Å². The first kappa shape index (κ1) is 26.0. The van der Waals surface area contributed by atoms with Crippen molar-refractivity contribution in [3.63, 3.8) is 0 Å². The number of benzene rings is 3. The molecule has 5 rings (SSSR count). The minimum atomic E-state index is -0.877. The van der Waals surface area contributed by atoms with Gasteiger partial charge in [0, 0.05) is 0 Å². The van der Waals surface area contributed by atoms with Crippen LogP contribution in [0, 0.1) is 12.8 Å². The molecular formula is C32H36N2O4. The van der Waals surface area contributed by atoms with E-state index in [-0.39, 0.29) is 11.8 Å². The molecule has 198 valence electrons. The maximum atomic E-state index is 13.8. The lowest BCUT2D eigenvalue weighted by Gasteiger charge is -2.29. The largest absolute Gasteiger partial charge is 0.494 e. The van der Waals surface area contributed by atoms with E-state index in [4.69, 9.17) is 9.57 Å². The molecule has 0 saturated carbocycles. The number of hydrogen-bond donors (Lipinski definition) is 0. The second kappa shape index (κ2) is 11.8. The predicted octanol–water partition coefficient (Wildman–Crippen LogP) is 6.79. The van der Waals surface area contributed by atoms with Crippen LogP contribution in [-0.4, -0.2) is 24.5 Å². The normalized spacial score (nSPS) is 20.7.